The van der Waals surface area contributed by atoms with E-state index in [2.05, 4.69) is 25.2 Å². The van der Waals surface area contributed by atoms with Crippen molar-refractivity contribution < 1.29 is 9.69 Å². The third-order valence-electron chi connectivity index (χ3n) is 4.85. The summed E-state index contributed by atoms with van der Waals surface area (Å²) in [6, 6.07) is 11.0. The number of quaternary nitrogens is 1. The van der Waals surface area contributed by atoms with E-state index in [-0.39, 0.29) is 11.9 Å². The standard InChI is InChI=1S/C21H27ClN4O/c1-4-25(5-2)12-7-8-16(3)24-21(27)20-17(15-23)11-13-26(20)19-10-6-9-18(22)14-19/h6,9-11,13-14,16H,4-5,7-8,12H2,1-3H3,(H,24,27)/p+1/t16-/m0/s1. The van der Waals surface area contributed by atoms with Gasteiger partial charge in [0.25, 0.3) is 5.91 Å². The Morgan fingerprint density at radius 3 is 2.70 bits per heavy atom. The highest BCUT2D eigenvalue weighted by Crippen LogP contribution is 2.20. The van der Waals surface area contributed by atoms with Gasteiger partial charge in [0.05, 0.1) is 25.2 Å². The van der Waals surface area contributed by atoms with Gasteiger partial charge in [-0.2, -0.15) is 5.26 Å². The van der Waals surface area contributed by atoms with Gasteiger partial charge in [0.15, 0.2) is 0 Å². The topological polar surface area (TPSA) is 62.3 Å². The molecule has 1 aromatic heterocycles. The van der Waals surface area contributed by atoms with Crippen molar-refractivity contribution in [3.63, 3.8) is 0 Å². The molecule has 2 aromatic rings. The summed E-state index contributed by atoms with van der Waals surface area (Å²) in [6.07, 6.45) is 3.70. The SMILES string of the molecule is CC[NH+](CC)CCC[C@H](C)NC(=O)c1c(C#N)ccn1-c1cccc(Cl)c1. The Morgan fingerprint density at radius 2 is 2.07 bits per heavy atom. The summed E-state index contributed by atoms with van der Waals surface area (Å²) in [5.74, 6) is -0.237. The van der Waals surface area contributed by atoms with Crippen LogP contribution in [-0.2, 0) is 0 Å². The zero-order valence-electron chi connectivity index (χ0n) is 16.3. The molecule has 0 saturated heterocycles. The molecule has 0 aliphatic heterocycles. The lowest BCUT2D eigenvalue weighted by atomic mass is 10.1. The van der Waals surface area contributed by atoms with Gasteiger partial charge in [-0.1, -0.05) is 17.7 Å². The van der Waals surface area contributed by atoms with Crippen LogP contribution in [0.25, 0.3) is 5.69 Å². The first kappa shape index (κ1) is 21.0. The normalized spacial score (nSPS) is 12.0. The molecule has 1 aromatic carbocycles. The first-order chi connectivity index (χ1) is 13.0. The molecule has 6 heteroatoms. The molecular weight excluding hydrogens is 360 g/mol. The minimum atomic E-state index is -0.237. The number of hydrogen-bond acceptors (Lipinski definition) is 2. The highest BCUT2D eigenvalue weighted by atomic mass is 35.5. The summed E-state index contributed by atoms with van der Waals surface area (Å²) < 4.78 is 1.71. The van der Waals surface area contributed by atoms with E-state index in [0.717, 1.165) is 38.2 Å². The van der Waals surface area contributed by atoms with Gasteiger partial charge in [-0.05, 0) is 57.9 Å². The van der Waals surface area contributed by atoms with Crippen LogP contribution in [-0.4, -0.2) is 36.2 Å². The van der Waals surface area contributed by atoms with E-state index in [4.69, 9.17) is 11.6 Å². The van der Waals surface area contributed by atoms with E-state index in [1.54, 1.807) is 33.9 Å². The van der Waals surface area contributed by atoms with Gasteiger partial charge in [0, 0.05) is 22.9 Å². The lowest BCUT2D eigenvalue weighted by Gasteiger charge is -2.18. The molecule has 0 saturated carbocycles. The van der Waals surface area contributed by atoms with Gasteiger partial charge in [0.2, 0.25) is 0 Å². The molecule has 1 heterocycles. The molecule has 2 N–H and O–H groups in total. The molecule has 1 atom stereocenters. The zero-order chi connectivity index (χ0) is 19.8. The minimum absolute atomic E-state index is 0.0433. The van der Waals surface area contributed by atoms with Crippen molar-refractivity contribution in [3.05, 3.63) is 52.8 Å². The van der Waals surface area contributed by atoms with Gasteiger partial charge in [0.1, 0.15) is 11.8 Å². The second-order valence-electron chi connectivity index (χ2n) is 6.76. The van der Waals surface area contributed by atoms with Crippen LogP contribution in [0, 0.1) is 11.3 Å². The number of carbonyl (C=O) groups is 1. The molecular formula is C21H28ClN4O+. The van der Waals surface area contributed by atoms with E-state index in [1.165, 1.54) is 0 Å². The van der Waals surface area contributed by atoms with Gasteiger partial charge in [-0.15, -0.1) is 0 Å². The Hall–Kier alpha value is -2.29. The fourth-order valence-electron chi connectivity index (χ4n) is 3.22. The third kappa shape index (κ3) is 5.59. The van der Waals surface area contributed by atoms with Crippen molar-refractivity contribution in [2.75, 3.05) is 19.6 Å². The minimum Gasteiger partial charge on any atom is -0.348 e. The van der Waals surface area contributed by atoms with Crippen molar-refractivity contribution >= 4 is 17.5 Å². The Morgan fingerprint density at radius 1 is 1.33 bits per heavy atom. The molecule has 144 valence electrons. The summed E-state index contributed by atoms with van der Waals surface area (Å²) >= 11 is 6.08. The smallest absolute Gasteiger partial charge is 0.269 e. The summed E-state index contributed by atoms with van der Waals surface area (Å²) in [5, 5.41) is 13.0. The summed E-state index contributed by atoms with van der Waals surface area (Å²) in [4.78, 5) is 14.4. The van der Waals surface area contributed by atoms with E-state index in [1.807, 2.05) is 19.1 Å². The maximum atomic E-state index is 12.9. The number of nitriles is 1. The summed E-state index contributed by atoms with van der Waals surface area (Å²) in [5.41, 5.74) is 1.46. The molecule has 1 amide bonds. The van der Waals surface area contributed by atoms with Crippen LogP contribution in [0.2, 0.25) is 5.02 Å². The second-order valence-corrected chi connectivity index (χ2v) is 7.20. The van der Waals surface area contributed by atoms with Crippen LogP contribution in [0.15, 0.2) is 36.5 Å². The Kier molecular flexibility index (Phi) is 7.90. The molecule has 5 nitrogen and oxygen atoms in total. The highest BCUT2D eigenvalue weighted by molar-refractivity contribution is 6.30. The predicted octanol–water partition coefficient (Wildman–Crippen LogP) is 2.83. The number of aromatic nitrogens is 1. The Balaban J connectivity index is 2.09. The van der Waals surface area contributed by atoms with Gasteiger partial charge >= 0.3 is 0 Å². The van der Waals surface area contributed by atoms with Crippen molar-refractivity contribution in [1.82, 2.24) is 9.88 Å². The van der Waals surface area contributed by atoms with Crippen molar-refractivity contribution in [2.24, 2.45) is 0 Å². The number of hydrogen-bond donors (Lipinski definition) is 2. The summed E-state index contributed by atoms with van der Waals surface area (Å²) in [6.45, 7) is 9.74. The van der Waals surface area contributed by atoms with Crippen LogP contribution in [0.4, 0.5) is 0 Å². The quantitative estimate of drug-likeness (QED) is 0.695. The highest BCUT2D eigenvalue weighted by Gasteiger charge is 2.20. The van der Waals surface area contributed by atoms with E-state index in [0.29, 0.717) is 16.3 Å². The Labute approximate surface area is 166 Å². The van der Waals surface area contributed by atoms with Gasteiger partial charge in [-0.25, -0.2) is 0 Å². The lowest BCUT2D eigenvalue weighted by Crippen LogP contribution is -3.11. The first-order valence-electron chi connectivity index (χ1n) is 9.51. The van der Waals surface area contributed by atoms with Crippen LogP contribution >= 0.6 is 11.6 Å². The van der Waals surface area contributed by atoms with Crippen LogP contribution < -0.4 is 10.2 Å². The molecule has 27 heavy (non-hydrogen) atoms. The second kappa shape index (κ2) is 10.1. The van der Waals surface area contributed by atoms with Gasteiger partial charge < -0.3 is 14.8 Å². The number of halogens is 1. The average molecular weight is 388 g/mol. The van der Waals surface area contributed by atoms with Crippen molar-refractivity contribution in [3.8, 4) is 11.8 Å². The molecule has 0 aliphatic carbocycles. The molecule has 0 fully saturated rings. The Bertz CT molecular complexity index is 805. The van der Waals surface area contributed by atoms with Crippen molar-refractivity contribution in [1.29, 1.82) is 5.26 Å². The monoisotopic (exact) mass is 387 g/mol. The fourth-order valence-corrected chi connectivity index (χ4v) is 3.41. The number of nitrogens with zero attached hydrogens (tertiary/aromatic N) is 2. The maximum absolute atomic E-state index is 12.9. The number of rotatable bonds is 9. The molecule has 0 unspecified atom stereocenters. The molecule has 0 radical (unpaired) electrons. The van der Waals surface area contributed by atoms with Crippen LogP contribution in [0.3, 0.4) is 0 Å². The predicted molar refractivity (Wildman–Crippen MR) is 109 cm³/mol. The van der Waals surface area contributed by atoms with Crippen LogP contribution in [0.1, 0.15) is 49.7 Å². The lowest BCUT2D eigenvalue weighted by molar-refractivity contribution is -0.896. The molecule has 0 aliphatic rings. The number of amides is 1. The third-order valence-corrected chi connectivity index (χ3v) is 5.09. The molecule has 2 rings (SSSR count). The van der Waals surface area contributed by atoms with Crippen molar-refractivity contribution in [2.45, 2.75) is 39.7 Å². The molecule has 0 spiro atoms. The maximum Gasteiger partial charge on any atom is 0.269 e. The average Bonchev–Trinajstić information content (AvgIpc) is 3.09. The fraction of sp³-hybridized carbons (Fsp3) is 0.429. The zero-order valence-corrected chi connectivity index (χ0v) is 17.0. The van der Waals surface area contributed by atoms with E-state index >= 15 is 0 Å². The van der Waals surface area contributed by atoms with E-state index in [9.17, 15) is 10.1 Å². The number of nitrogens with one attached hydrogen (secondary N) is 2. The summed E-state index contributed by atoms with van der Waals surface area (Å²) in [7, 11) is 0. The molecule has 0 bridgehead atoms. The van der Waals surface area contributed by atoms with Crippen LogP contribution in [0.5, 0.6) is 0 Å². The van der Waals surface area contributed by atoms with E-state index < -0.39 is 0 Å². The number of benzene rings is 1. The first-order valence-corrected chi connectivity index (χ1v) is 9.89. The van der Waals surface area contributed by atoms with Gasteiger partial charge in [-0.3, -0.25) is 4.79 Å². The largest absolute Gasteiger partial charge is 0.348 e. The number of carbonyl (C=O) groups excluding carboxylic acids is 1.